The van der Waals surface area contributed by atoms with Gasteiger partial charge in [-0.2, -0.15) is 0 Å². The maximum absolute atomic E-state index is 10.9. The van der Waals surface area contributed by atoms with Crippen LogP contribution in [0.15, 0.2) is 36.5 Å². The number of ether oxygens (including phenoxy) is 1. The van der Waals surface area contributed by atoms with Gasteiger partial charge in [-0.1, -0.05) is 6.58 Å². The first kappa shape index (κ1) is 11.7. The smallest absolute Gasteiger partial charge is 0.353 e. The van der Waals surface area contributed by atoms with Gasteiger partial charge in [-0.3, -0.25) is 10.1 Å². The molecule has 6 heteroatoms. The Balaban J connectivity index is 2.59. The second-order valence-electron chi connectivity index (χ2n) is 3.02. The molecule has 0 aliphatic carbocycles. The number of non-ortho nitro benzene ring substituents is 1. The molecular formula is C10H10N2O4. The zero-order chi connectivity index (χ0) is 12.1. The summed E-state index contributed by atoms with van der Waals surface area (Å²) in [4.78, 5) is 20.8. The monoisotopic (exact) mass is 222 g/mol. The van der Waals surface area contributed by atoms with Crippen LogP contribution in [-0.2, 0) is 16.1 Å². The van der Waals surface area contributed by atoms with E-state index in [-0.39, 0.29) is 18.0 Å². The van der Waals surface area contributed by atoms with Crippen LogP contribution in [-0.4, -0.2) is 10.9 Å². The topological polar surface area (TPSA) is 95.5 Å². The van der Waals surface area contributed by atoms with Crippen LogP contribution in [0.4, 0.5) is 5.69 Å². The molecule has 0 saturated heterocycles. The van der Waals surface area contributed by atoms with Gasteiger partial charge in [-0.15, -0.1) is 0 Å². The van der Waals surface area contributed by atoms with E-state index in [2.05, 4.69) is 6.58 Å². The minimum Gasteiger partial charge on any atom is -0.456 e. The Morgan fingerprint density at radius 1 is 1.44 bits per heavy atom. The molecule has 1 aromatic rings. The van der Waals surface area contributed by atoms with Gasteiger partial charge < -0.3 is 10.5 Å². The van der Waals surface area contributed by atoms with Crippen molar-refractivity contribution >= 4 is 11.7 Å². The van der Waals surface area contributed by atoms with Crippen LogP contribution in [0.3, 0.4) is 0 Å². The van der Waals surface area contributed by atoms with Crippen molar-refractivity contribution in [1.82, 2.24) is 0 Å². The molecule has 84 valence electrons. The molecule has 0 aliphatic heterocycles. The number of benzene rings is 1. The lowest BCUT2D eigenvalue weighted by molar-refractivity contribution is -0.384. The predicted octanol–water partition coefficient (Wildman–Crippen LogP) is 1.11. The van der Waals surface area contributed by atoms with Crippen LogP contribution < -0.4 is 5.73 Å². The van der Waals surface area contributed by atoms with E-state index in [0.29, 0.717) is 5.56 Å². The van der Waals surface area contributed by atoms with E-state index >= 15 is 0 Å². The summed E-state index contributed by atoms with van der Waals surface area (Å²) in [6.07, 6.45) is 0. The summed E-state index contributed by atoms with van der Waals surface area (Å²) >= 11 is 0. The Hall–Kier alpha value is -2.37. The number of carbonyl (C=O) groups is 1. The van der Waals surface area contributed by atoms with Crippen LogP contribution in [0.25, 0.3) is 0 Å². The van der Waals surface area contributed by atoms with Gasteiger partial charge in [0.1, 0.15) is 12.3 Å². The van der Waals surface area contributed by atoms with Gasteiger partial charge >= 0.3 is 5.97 Å². The van der Waals surface area contributed by atoms with Crippen molar-refractivity contribution in [2.24, 2.45) is 5.73 Å². The van der Waals surface area contributed by atoms with Crippen molar-refractivity contribution in [2.75, 3.05) is 0 Å². The molecule has 0 saturated carbocycles. The number of nitrogens with zero attached hydrogens (tertiary/aromatic N) is 1. The van der Waals surface area contributed by atoms with Gasteiger partial charge in [-0.25, -0.2) is 4.79 Å². The summed E-state index contributed by atoms with van der Waals surface area (Å²) in [5, 5.41) is 10.4. The number of nitro benzene ring substituents is 1. The quantitative estimate of drug-likeness (QED) is 0.356. The van der Waals surface area contributed by atoms with Gasteiger partial charge in [0, 0.05) is 12.1 Å². The summed E-state index contributed by atoms with van der Waals surface area (Å²) in [6.45, 7) is 3.23. The molecule has 0 aromatic heterocycles. The first-order valence-electron chi connectivity index (χ1n) is 4.35. The Morgan fingerprint density at radius 3 is 2.44 bits per heavy atom. The fraction of sp³-hybridized carbons (Fsp3) is 0.100. The van der Waals surface area contributed by atoms with Crippen molar-refractivity contribution in [2.45, 2.75) is 6.61 Å². The molecule has 0 bridgehead atoms. The highest BCUT2D eigenvalue weighted by Crippen LogP contribution is 2.12. The third kappa shape index (κ3) is 3.09. The van der Waals surface area contributed by atoms with E-state index in [4.69, 9.17) is 10.5 Å². The number of nitrogens with two attached hydrogens (primary N) is 1. The molecule has 16 heavy (non-hydrogen) atoms. The Bertz CT molecular complexity index is 425. The minimum atomic E-state index is -0.696. The number of carbonyl (C=O) groups excluding carboxylic acids is 1. The zero-order valence-electron chi connectivity index (χ0n) is 8.38. The molecule has 2 N–H and O–H groups in total. The summed E-state index contributed by atoms with van der Waals surface area (Å²) < 4.78 is 4.76. The third-order valence-corrected chi connectivity index (χ3v) is 1.78. The fourth-order valence-electron chi connectivity index (χ4n) is 0.955. The summed E-state index contributed by atoms with van der Waals surface area (Å²) in [5.41, 5.74) is 5.55. The van der Waals surface area contributed by atoms with Crippen molar-refractivity contribution in [3.05, 3.63) is 52.2 Å². The molecule has 0 spiro atoms. The van der Waals surface area contributed by atoms with Gasteiger partial charge in [0.25, 0.3) is 5.69 Å². The maximum Gasteiger partial charge on any atom is 0.353 e. The van der Waals surface area contributed by atoms with Crippen LogP contribution in [0.2, 0.25) is 0 Å². The number of hydrogen-bond donors (Lipinski definition) is 1. The molecule has 0 aliphatic rings. The summed E-state index contributed by atoms with van der Waals surface area (Å²) in [6, 6.07) is 5.68. The predicted molar refractivity (Wildman–Crippen MR) is 56.2 cm³/mol. The second kappa shape index (κ2) is 4.92. The van der Waals surface area contributed by atoms with Crippen LogP contribution in [0.5, 0.6) is 0 Å². The van der Waals surface area contributed by atoms with Crippen molar-refractivity contribution < 1.29 is 14.5 Å². The molecule has 0 unspecified atom stereocenters. The van der Waals surface area contributed by atoms with Crippen molar-refractivity contribution in [3.8, 4) is 0 Å². The minimum absolute atomic E-state index is 0.00699. The van der Waals surface area contributed by atoms with Crippen LogP contribution in [0.1, 0.15) is 5.56 Å². The molecule has 0 atom stereocenters. The molecule has 0 radical (unpaired) electrons. The Kier molecular flexibility index (Phi) is 3.60. The van der Waals surface area contributed by atoms with Crippen LogP contribution in [0, 0.1) is 10.1 Å². The van der Waals surface area contributed by atoms with Gasteiger partial charge in [0.15, 0.2) is 0 Å². The molecule has 0 heterocycles. The maximum atomic E-state index is 10.9. The number of hydrogen-bond acceptors (Lipinski definition) is 5. The lowest BCUT2D eigenvalue weighted by Gasteiger charge is -2.03. The number of nitro groups is 1. The third-order valence-electron chi connectivity index (χ3n) is 1.78. The highest BCUT2D eigenvalue weighted by Gasteiger charge is 2.06. The first-order chi connectivity index (χ1) is 7.50. The molecular weight excluding hydrogens is 212 g/mol. The molecule has 6 nitrogen and oxygen atoms in total. The van der Waals surface area contributed by atoms with E-state index < -0.39 is 10.9 Å². The lowest BCUT2D eigenvalue weighted by atomic mass is 10.2. The van der Waals surface area contributed by atoms with Crippen molar-refractivity contribution in [3.63, 3.8) is 0 Å². The van der Waals surface area contributed by atoms with Crippen molar-refractivity contribution in [1.29, 1.82) is 0 Å². The normalized spacial score (nSPS) is 9.50. The highest BCUT2D eigenvalue weighted by atomic mass is 16.6. The van der Waals surface area contributed by atoms with E-state index in [9.17, 15) is 14.9 Å². The van der Waals surface area contributed by atoms with Gasteiger partial charge in [0.2, 0.25) is 0 Å². The highest BCUT2D eigenvalue weighted by molar-refractivity contribution is 5.86. The van der Waals surface area contributed by atoms with E-state index in [1.54, 1.807) is 0 Å². The van der Waals surface area contributed by atoms with E-state index in [1.807, 2.05) is 0 Å². The Labute approximate surface area is 91.5 Å². The molecule has 0 amide bonds. The summed E-state index contributed by atoms with van der Waals surface area (Å²) in [5.74, 6) is -0.696. The summed E-state index contributed by atoms with van der Waals surface area (Å²) in [7, 11) is 0. The SMILES string of the molecule is C=C(N)C(=O)OCc1ccc([N+](=O)[O-])cc1. The van der Waals surface area contributed by atoms with Gasteiger partial charge in [0.05, 0.1) is 4.92 Å². The average molecular weight is 222 g/mol. The Morgan fingerprint density at radius 2 is 2.00 bits per heavy atom. The van der Waals surface area contributed by atoms with Crippen LogP contribution >= 0.6 is 0 Å². The average Bonchev–Trinajstić information content (AvgIpc) is 2.26. The molecule has 1 aromatic carbocycles. The van der Waals surface area contributed by atoms with E-state index in [1.165, 1.54) is 24.3 Å². The first-order valence-corrected chi connectivity index (χ1v) is 4.35. The molecule has 1 rings (SSSR count). The largest absolute Gasteiger partial charge is 0.456 e. The van der Waals surface area contributed by atoms with Gasteiger partial charge in [-0.05, 0) is 17.7 Å². The lowest BCUT2D eigenvalue weighted by Crippen LogP contribution is -2.13. The zero-order valence-corrected chi connectivity index (χ0v) is 8.38. The standard InChI is InChI=1S/C10H10N2O4/c1-7(11)10(13)16-6-8-2-4-9(5-3-8)12(14)15/h2-5H,1,6,11H2. The number of rotatable bonds is 4. The van der Waals surface area contributed by atoms with E-state index in [0.717, 1.165) is 0 Å². The molecule has 0 fully saturated rings. The fourth-order valence-corrected chi connectivity index (χ4v) is 0.955. The second-order valence-corrected chi connectivity index (χ2v) is 3.02. The number of esters is 1.